The predicted molar refractivity (Wildman–Crippen MR) is 119 cm³/mol. The van der Waals surface area contributed by atoms with Gasteiger partial charge in [-0.05, 0) is 42.8 Å². The number of hydrogen-bond donors (Lipinski definition) is 1. The predicted octanol–water partition coefficient (Wildman–Crippen LogP) is 2.92. The van der Waals surface area contributed by atoms with E-state index in [1.807, 2.05) is 0 Å². The largest absolute Gasteiger partial charge is 0.357 e. The lowest BCUT2D eigenvalue weighted by atomic mass is 10.1. The van der Waals surface area contributed by atoms with E-state index in [4.69, 9.17) is 23.2 Å². The number of carbonyl (C=O) groups is 2. The maximum Gasteiger partial charge on any atom is 0.244 e. The monoisotopic (exact) mass is 471 g/mol. The fourth-order valence-corrected chi connectivity index (χ4v) is 3.99. The summed E-state index contributed by atoms with van der Waals surface area (Å²) in [7, 11) is -2.31. The summed E-state index contributed by atoms with van der Waals surface area (Å²) in [5.41, 5.74) is 0.932. The number of benzene rings is 2. The van der Waals surface area contributed by atoms with E-state index in [2.05, 4.69) is 5.32 Å². The molecular formula is C20H23Cl2N3O4S. The fraction of sp³-hybridized carbons (Fsp3) is 0.300. The van der Waals surface area contributed by atoms with Crippen LogP contribution in [0.1, 0.15) is 12.5 Å². The Hall–Kier alpha value is -2.29. The molecule has 30 heavy (non-hydrogen) atoms. The van der Waals surface area contributed by atoms with E-state index in [-0.39, 0.29) is 12.5 Å². The van der Waals surface area contributed by atoms with Gasteiger partial charge < -0.3 is 10.2 Å². The lowest BCUT2D eigenvalue weighted by Gasteiger charge is -2.31. The minimum absolute atomic E-state index is 0.0469. The van der Waals surface area contributed by atoms with Crippen molar-refractivity contribution in [1.82, 2.24) is 10.2 Å². The van der Waals surface area contributed by atoms with Gasteiger partial charge in [-0.3, -0.25) is 13.9 Å². The average Bonchev–Trinajstić information content (AvgIpc) is 2.70. The molecule has 0 aliphatic rings. The van der Waals surface area contributed by atoms with Crippen LogP contribution < -0.4 is 9.62 Å². The number of nitrogens with zero attached hydrogens (tertiary/aromatic N) is 2. The number of hydrogen-bond acceptors (Lipinski definition) is 4. The van der Waals surface area contributed by atoms with Crippen molar-refractivity contribution in [3.63, 3.8) is 0 Å². The van der Waals surface area contributed by atoms with E-state index in [1.54, 1.807) is 31.2 Å². The van der Waals surface area contributed by atoms with Gasteiger partial charge in [0.05, 0.1) is 11.9 Å². The number of anilines is 1. The van der Waals surface area contributed by atoms with Gasteiger partial charge in [-0.25, -0.2) is 8.42 Å². The van der Waals surface area contributed by atoms with Gasteiger partial charge in [-0.2, -0.15) is 0 Å². The molecule has 2 aromatic rings. The third kappa shape index (κ3) is 6.10. The van der Waals surface area contributed by atoms with E-state index in [0.717, 1.165) is 10.6 Å². The van der Waals surface area contributed by atoms with Crippen LogP contribution >= 0.6 is 23.2 Å². The zero-order chi connectivity index (χ0) is 22.5. The highest BCUT2D eigenvalue weighted by Crippen LogP contribution is 2.22. The molecule has 0 saturated heterocycles. The first-order valence-electron chi connectivity index (χ1n) is 9.02. The summed E-state index contributed by atoms with van der Waals surface area (Å²) >= 11 is 12.1. The van der Waals surface area contributed by atoms with Gasteiger partial charge in [0.25, 0.3) is 0 Å². The fourth-order valence-electron chi connectivity index (χ4n) is 2.82. The van der Waals surface area contributed by atoms with Gasteiger partial charge >= 0.3 is 0 Å². The van der Waals surface area contributed by atoms with Crippen molar-refractivity contribution in [3.8, 4) is 0 Å². The number of sulfonamides is 1. The normalized spacial score (nSPS) is 12.2. The summed E-state index contributed by atoms with van der Waals surface area (Å²) in [5, 5.41) is 3.39. The molecule has 2 rings (SSSR count). The second-order valence-corrected chi connectivity index (χ2v) is 9.40. The molecule has 2 aromatic carbocycles. The van der Waals surface area contributed by atoms with Crippen LogP contribution in [0.4, 0.5) is 5.69 Å². The van der Waals surface area contributed by atoms with Gasteiger partial charge in [-0.1, -0.05) is 41.4 Å². The molecular weight excluding hydrogens is 449 g/mol. The van der Waals surface area contributed by atoms with Gasteiger partial charge in [0.1, 0.15) is 12.6 Å². The van der Waals surface area contributed by atoms with E-state index >= 15 is 0 Å². The minimum atomic E-state index is -3.78. The lowest BCUT2D eigenvalue weighted by molar-refractivity contribution is -0.139. The Morgan fingerprint density at radius 3 is 2.20 bits per heavy atom. The maximum absolute atomic E-state index is 13.2. The van der Waals surface area contributed by atoms with E-state index in [0.29, 0.717) is 21.3 Å². The van der Waals surface area contributed by atoms with Crippen LogP contribution in [0.15, 0.2) is 48.5 Å². The average molecular weight is 472 g/mol. The topological polar surface area (TPSA) is 86.8 Å². The van der Waals surface area contributed by atoms with Gasteiger partial charge in [0, 0.05) is 23.6 Å². The maximum atomic E-state index is 13.2. The Kier molecular flexibility index (Phi) is 8.11. The minimum Gasteiger partial charge on any atom is -0.357 e. The molecule has 1 N–H and O–H groups in total. The molecule has 0 radical (unpaired) electrons. The number of likely N-dealkylation sites (N-methyl/N-ethyl adjacent to an activating group) is 1. The molecule has 0 aliphatic carbocycles. The molecule has 10 heteroatoms. The second kappa shape index (κ2) is 10.1. The lowest BCUT2D eigenvalue weighted by Crippen LogP contribution is -2.50. The van der Waals surface area contributed by atoms with Crippen LogP contribution in [-0.2, 0) is 26.2 Å². The van der Waals surface area contributed by atoms with Crippen LogP contribution in [0.25, 0.3) is 0 Å². The summed E-state index contributed by atoms with van der Waals surface area (Å²) in [4.78, 5) is 26.7. The zero-order valence-corrected chi connectivity index (χ0v) is 19.1. The van der Waals surface area contributed by atoms with Gasteiger partial charge in [0.2, 0.25) is 21.8 Å². The van der Waals surface area contributed by atoms with Crippen molar-refractivity contribution >= 4 is 50.7 Å². The van der Waals surface area contributed by atoms with Crippen LogP contribution in [-0.4, -0.2) is 51.0 Å². The van der Waals surface area contributed by atoms with Crippen LogP contribution in [0.5, 0.6) is 0 Å². The highest BCUT2D eigenvalue weighted by atomic mass is 35.5. The number of carbonyl (C=O) groups excluding carboxylic acids is 2. The van der Waals surface area contributed by atoms with Crippen molar-refractivity contribution < 1.29 is 18.0 Å². The smallest absolute Gasteiger partial charge is 0.244 e. The highest BCUT2D eigenvalue weighted by molar-refractivity contribution is 7.92. The van der Waals surface area contributed by atoms with Gasteiger partial charge in [-0.15, -0.1) is 0 Å². The number of halogens is 2. The molecule has 0 aliphatic heterocycles. The molecule has 0 bridgehead atoms. The van der Waals surface area contributed by atoms with Crippen molar-refractivity contribution in [2.45, 2.75) is 19.5 Å². The molecule has 0 aromatic heterocycles. The summed E-state index contributed by atoms with van der Waals surface area (Å²) in [5.74, 6) is -0.931. The molecule has 1 atom stereocenters. The SMILES string of the molecule is CNC(=O)[C@@H](C)N(Cc1ccccc1Cl)C(=O)CN(c1ccc(Cl)cc1)S(C)(=O)=O. The molecule has 0 saturated carbocycles. The highest BCUT2D eigenvalue weighted by Gasteiger charge is 2.30. The van der Waals surface area contributed by atoms with Crippen molar-refractivity contribution in [1.29, 1.82) is 0 Å². The zero-order valence-electron chi connectivity index (χ0n) is 16.8. The molecule has 7 nitrogen and oxygen atoms in total. The Bertz CT molecular complexity index is 1010. The first kappa shape index (κ1) is 24.0. The summed E-state index contributed by atoms with van der Waals surface area (Å²) in [6, 6.07) is 12.2. The van der Waals surface area contributed by atoms with Gasteiger partial charge in [0.15, 0.2) is 0 Å². The van der Waals surface area contributed by atoms with E-state index in [9.17, 15) is 18.0 Å². The third-order valence-electron chi connectivity index (χ3n) is 4.51. The molecule has 2 amide bonds. The third-order valence-corrected chi connectivity index (χ3v) is 6.27. The standard InChI is InChI=1S/C20H23Cl2N3O4S/c1-14(20(27)23-2)24(12-15-6-4-5-7-18(15)22)19(26)13-25(30(3,28)29)17-10-8-16(21)9-11-17/h4-11,14H,12-13H2,1-3H3,(H,23,27)/t14-/m1/s1. The van der Waals surface area contributed by atoms with Crippen LogP contribution in [0.3, 0.4) is 0 Å². The Morgan fingerprint density at radius 2 is 1.67 bits per heavy atom. The Balaban J connectivity index is 2.38. The molecule has 162 valence electrons. The molecule has 0 unspecified atom stereocenters. The van der Waals surface area contributed by atoms with Crippen molar-refractivity contribution in [2.24, 2.45) is 0 Å². The second-order valence-electron chi connectivity index (χ2n) is 6.65. The Morgan fingerprint density at radius 1 is 1.07 bits per heavy atom. The van der Waals surface area contributed by atoms with Crippen LogP contribution in [0, 0.1) is 0 Å². The molecule has 0 heterocycles. The van der Waals surface area contributed by atoms with Crippen LogP contribution in [0.2, 0.25) is 10.0 Å². The number of rotatable bonds is 8. The Labute approximate surface area is 186 Å². The quantitative estimate of drug-likeness (QED) is 0.640. The summed E-state index contributed by atoms with van der Waals surface area (Å²) < 4.78 is 25.7. The summed E-state index contributed by atoms with van der Waals surface area (Å²) in [6.45, 7) is 1.14. The first-order valence-corrected chi connectivity index (χ1v) is 11.6. The van der Waals surface area contributed by atoms with Crippen molar-refractivity contribution in [2.75, 3.05) is 24.2 Å². The number of amides is 2. The molecule has 0 spiro atoms. The van der Waals surface area contributed by atoms with Crippen molar-refractivity contribution in [3.05, 3.63) is 64.1 Å². The van der Waals surface area contributed by atoms with E-state index in [1.165, 1.54) is 36.2 Å². The van der Waals surface area contributed by atoms with E-state index < -0.39 is 28.5 Å². The molecule has 0 fully saturated rings. The number of nitrogens with one attached hydrogen (secondary N) is 1. The summed E-state index contributed by atoms with van der Waals surface area (Å²) in [6.07, 6.45) is 1.01. The first-order chi connectivity index (χ1) is 14.0.